The van der Waals surface area contributed by atoms with Crippen molar-refractivity contribution in [2.75, 3.05) is 26.4 Å². The molecule has 0 amide bonds. The Bertz CT molecular complexity index is 526. The van der Waals surface area contributed by atoms with Gasteiger partial charge in [-0.2, -0.15) is 0 Å². The number of hydrogen-bond donors (Lipinski definition) is 1. The Labute approximate surface area is 113 Å². The monoisotopic (exact) mass is 288 g/mol. The highest BCUT2D eigenvalue weighted by Gasteiger charge is 2.30. The molecule has 0 radical (unpaired) electrons. The predicted molar refractivity (Wildman–Crippen MR) is 70.9 cm³/mol. The molecule has 1 saturated heterocycles. The zero-order chi connectivity index (χ0) is 14.0. The minimum absolute atomic E-state index is 0.102. The number of likely N-dealkylation sites (N-methyl/N-ethyl adjacent to an activating group) is 1. The smallest absolute Gasteiger partial charge is 0.211 e. The van der Waals surface area contributed by atoms with E-state index in [2.05, 4.69) is 4.90 Å². The number of aliphatic hydroxyl groups is 1. The first-order valence-electron chi connectivity index (χ1n) is 6.24. The standard InChI is InChI=1S/C12H20N2O4S/c1-13(8-11-3-4-12(9-15)18-11)10-5-6-14(7-10)19(2,16)17/h3-4,10,15H,5-9H2,1-2H3. The van der Waals surface area contributed by atoms with Crippen LogP contribution in [0.3, 0.4) is 0 Å². The number of aliphatic hydroxyl groups excluding tert-OH is 1. The molecule has 0 aromatic carbocycles. The van der Waals surface area contributed by atoms with Crippen LogP contribution in [-0.2, 0) is 23.2 Å². The highest BCUT2D eigenvalue weighted by Crippen LogP contribution is 2.19. The number of nitrogens with zero attached hydrogens (tertiary/aromatic N) is 2. The molecule has 1 unspecified atom stereocenters. The van der Waals surface area contributed by atoms with E-state index in [4.69, 9.17) is 9.52 Å². The third-order valence-electron chi connectivity index (χ3n) is 3.50. The fourth-order valence-electron chi connectivity index (χ4n) is 2.34. The highest BCUT2D eigenvalue weighted by molar-refractivity contribution is 7.88. The third kappa shape index (κ3) is 3.56. The molecule has 2 heterocycles. The van der Waals surface area contributed by atoms with Crippen molar-refractivity contribution in [3.63, 3.8) is 0 Å². The second-order valence-corrected chi connectivity index (χ2v) is 6.99. The van der Waals surface area contributed by atoms with E-state index in [-0.39, 0.29) is 12.6 Å². The quantitative estimate of drug-likeness (QED) is 0.840. The van der Waals surface area contributed by atoms with E-state index in [1.165, 1.54) is 10.6 Å². The molecule has 1 aromatic rings. The molecule has 2 rings (SSSR count). The molecule has 6 nitrogen and oxygen atoms in total. The SMILES string of the molecule is CN(Cc1ccc(CO)o1)C1CCN(S(C)(=O)=O)C1. The van der Waals surface area contributed by atoms with Crippen LogP contribution in [0.25, 0.3) is 0 Å². The van der Waals surface area contributed by atoms with Crippen LogP contribution in [0.2, 0.25) is 0 Å². The lowest BCUT2D eigenvalue weighted by Gasteiger charge is -2.23. The van der Waals surface area contributed by atoms with E-state index in [0.29, 0.717) is 25.4 Å². The second kappa shape index (κ2) is 5.62. The van der Waals surface area contributed by atoms with Crippen LogP contribution < -0.4 is 0 Å². The van der Waals surface area contributed by atoms with Crippen molar-refractivity contribution in [2.45, 2.75) is 25.6 Å². The third-order valence-corrected chi connectivity index (χ3v) is 4.77. The van der Waals surface area contributed by atoms with Crippen LogP contribution in [0, 0.1) is 0 Å². The average molecular weight is 288 g/mol. The van der Waals surface area contributed by atoms with Crippen LogP contribution in [0.15, 0.2) is 16.5 Å². The van der Waals surface area contributed by atoms with Crippen LogP contribution in [0.1, 0.15) is 17.9 Å². The molecule has 1 aliphatic heterocycles. The zero-order valence-electron chi connectivity index (χ0n) is 11.2. The minimum Gasteiger partial charge on any atom is -0.462 e. The molecule has 0 bridgehead atoms. The molecule has 0 saturated carbocycles. The number of rotatable bonds is 5. The van der Waals surface area contributed by atoms with Gasteiger partial charge in [0.25, 0.3) is 0 Å². The van der Waals surface area contributed by atoms with E-state index in [1.807, 2.05) is 13.1 Å². The summed E-state index contributed by atoms with van der Waals surface area (Å²) in [5, 5.41) is 8.94. The molecule has 19 heavy (non-hydrogen) atoms. The molecule has 1 aromatic heterocycles. The summed E-state index contributed by atoms with van der Waals surface area (Å²) in [5.74, 6) is 1.33. The molecule has 1 N–H and O–H groups in total. The van der Waals surface area contributed by atoms with Gasteiger partial charge in [0.15, 0.2) is 0 Å². The summed E-state index contributed by atoms with van der Waals surface area (Å²) >= 11 is 0. The van der Waals surface area contributed by atoms with Crippen molar-refractivity contribution in [2.24, 2.45) is 0 Å². The lowest BCUT2D eigenvalue weighted by atomic mass is 10.2. The minimum atomic E-state index is -3.09. The maximum atomic E-state index is 11.5. The normalized spacial score (nSPS) is 21.4. The van der Waals surface area contributed by atoms with Crippen molar-refractivity contribution in [1.82, 2.24) is 9.21 Å². The summed E-state index contributed by atoms with van der Waals surface area (Å²) in [6.07, 6.45) is 2.08. The van der Waals surface area contributed by atoms with E-state index < -0.39 is 10.0 Å². The molecule has 0 spiro atoms. The Morgan fingerprint density at radius 1 is 1.47 bits per heavy atom. The van der Waals surface area contributed by atoms with Crippen molar-refractivity contribution < 1.29 is 17.9 Å². The van der Waals surface area contributed by atoms with Crippen LogP contribution in [0.4, 0.5) is 0 Å². The maximum Gasteiger partial charge on any atom is 0.211 e. The van der Waals surface area contributed by atoms with Crippen molar-refractivity contribution in [1.29, 1.82) is 0 Å². The van der Waals surface area contributed by atoms with Crippen LogP contribution in [-0.4, -0.2) is 55.2 Å². The van der Waals surface area contributed by atoms with Gasteiger partial charge in [-0.05, 0) is 25.6 Å². The van der Waals surface area contributed by atoms with Gasteiger partial charge in [0.1, 0.15) is 18.1 Å². The molecule has 1 atom stereocenters. The van der Waals surface area contributed by atoms with Gasteiger partial charge in [-0.1, -0.05) is 0 Å². The van der Waals surface area contributed by atoms with Crippen molar-refractivity contribution in [3.8, 4) is 0 Å². The Hall–Kier alpha value is -0.890. The van der Waals surface area contributed by atoms with Gasteiger partial charge in [-0.15, -0.1) is 0 Å². The van der Waals surface area contributed by atoms with Gasteiger partial charge in [-0.3, -0.25) is 4.90 Å². The van der Waals surface area contributed by atoms with E-state index in [9.17, 15) is 8.42 Å². The van der Waals surface area contributed by atoms with E-state index in [1.54, 1.807) is 6.07 Å². The Morgan fingerprint density at radius 3 is 2.68 bits per heavy atom. The predicted octanol–water partition coefficient (Wildman–Crippen LogP) is 0.238. The van der Waals surface area contributed by atoms with Gasteiger partial charge in [0.05, 0.1) is 12.8 Å². The largest absolute Gasteiger partial charge is 0.462 e. The second-order valence-electron chi connectivity index (χ2n) is 5.00. The van der Waals surface area contributed by atoms with E-state index >= 15 is 0 Å². The first-order chi connectivity index (χ1) is 8.90. The zero-order valence-corrected chi connectivity index (χ0v) is 12.1. The van der Waals surface area contributed by atoms with Gasteiger partial charge >= 0.3 is 0 Å². The molecule has 108 valence electrons. The molecule has 1 aliphatic rings. The molecule has 7 heteroatoms. The molecule has 0 aliphatic carbocycles. The van der Waals surface area contributed by atoms with E-state index in [0.717, 1.165) is 12.2 Å². The lowest BCUT2D eigenvalue weighted by Crippen LogP contribution is -2.35. The maximum absolute atomic E-state index is 11.5. The van der Waals surface area contributed by atoms with Gasteiger partial charge in [0.2, 0.25) is 10.0 Å². The van der Waals surface area contributed by atoms with Crippen LogP contribution >= 0.6 is 0 Å². The summed E-state index contributed by atoms with van der Waals surface area (Å²) < 4.78 is 29.9. The Morgan fingerprint density at radius 2 is 2.16 bits per heavy atom. The fourth-order valence-corrected chi connectivity index (χ4v) is 3.22. The summed E-state index contributed by atoms with van der Waals surface area (Å²) in [6, 6.07) is 3.80. The van der Waals surface area contributed by atoms with Gasteiger partial charge < -0.3 is 9.52 Å². The van der Waals surface area contributed by atoms with Gasteiger partial charge in [0, 0.05) is 19.1 Å². The summed E-state index contributed by atoms with van der Waals surface area (Å²) in [7, 11) is -1.14. The fraction of sp³-hybridized carbons (Fsp3) is 0.667. The number of furan rings is 1. The average Bonchev–Trinajstić information content (AvgIpc) is 2.96. The lowest BCUT2D eigenvalue weighted by molar-refractivity contribution is 0.208. The summed E-state index contributed by atoms with van der Waals surface area (Å²) in [5.41, 5.74) is 0. The topological polar surface area (TPSA) is 74.0 Å². The van der Waals surface area contributed by atoms with Crippen molar-refractivity contribution in [3.05, 3.63) is 23.7 Å². The molecular formula is C12H20N2O4S. The number of sulfonamides is 1. The first kappa shape index (κ1) is 14.5. The summed E-state index contributed by atoms with van der Waals surface area (Å²) in [4.78, 5) is 2.09. The van der Waals surface area contributed by atoms with Crippen LogP contribution in [0.5, 0.6) is 0 Å². The van der Waals surface area contributed by atoms with Gasteiger partial charge in [-0.25, -0.2) is 12.7 Å². The Balaban J connectivity index is 1.92. The van der Waals surface area contributed by atoms with Crippen molar-refractivity contribution >= 4 is 10.0 Å². The molecular weight excluding hydrogens is 268 g/mol. The Kier molecular flexibility index (Phi) is 4.29. The highest BCUT2D eigenvalue weighted by atomic mass is 32.2. The molecule has 1 fully saturated rings. The first-order valence-corrected chi connectivity index (χ1v) is 8.09. The number of hydrogen-bond acceptors (Lipinski definition) is 5. The summed E-state index contributed by atoms with van der Waals surface area (Å²) in [6.45, 7) is 1.62.